The van der Waals surface area contributed by atoms with Crippen LogP contribution in [0.15, 0.2) is 4.63 Å². The quantitative estimate of drug-likeness (QED) is 0.585. The third-order valence-electron chi connectivity index (χ3n) is 1.09. The largest absolute Gasteiger partial charge is 0.354 e. The van der Waals surface area contributed by atoms with E-state index in [2.05, 4.69) is 20.3 Å². The summed E-state index contributed by atoms with van der Waals surface area (Å²) in [7, 11) is 1.52. The lowest BCUT2D eigenvalue weighted by Crippen LogP contribution is -2.19. The number of carbonyl (C=O) groups is 1. The first-order valence-electron chi connectivity index (χ1n) is 2.77. The molecule has 1 rings (SSSR count). The van der Waals surface area contributed by atoms with Crippen LogP contribution in [0.1, 0.15) is 16.2 Å². The van der Waals surface area contributed by atoms with E-state index in [0.717, 1.165) is 0 Å². The van der Waals surface area contributed by atoms with Gasteiger partial charge >= 0.3 is 0 Å². The van der Waals surface area contributed by atoms with Crippen LogP contribution in [-0.2, 0) is 0 Å². The fraction of sp³-hybridized carbons (Fsp3) is 0.400. The summed E-state index contributed by atoms with van der Waals surface area (Å²) in [6.45, 7) is 1.65. The summed E-state index contributed by atoms with van der Waals surface area (Å²) < 4.78 is 4.31. The van der Waals surface area contributed by atoms with E-state index in [9.17, 15) is 4.79 Å². The highest BCUT2D eigenvalue weighted by molar-refractivity contribution is 5.92. The summed E-state index contributed by atoms with van der Waals surface area (Å²) in [5.74, 6) is -0.279. The molecule has 10 heavy (non-hydrogen) atoms. The van der Waals surface area contributed by atoms with Gasteiger partial charge in [0.25, 0.3) is 5.91 Å². The van der Waals surface area contributed by atoms with Gasteiger partial charge in [0, 0.05) is 7.05 Å². The lowest BCUT2D eigenvalue weighted by molar-refractivity contribution is 0.0953. The van der Waals surface area contributed by atoms with Crippen LogP contribution in [0.2, 0.25) is 0 Å². The molecule has 0 aliphatic rings. The predicted octanol–water partition coefficient (Wildman–Crippen LogP) is -0.262. The van der Waals surface area contributed by atoms with E-state index in [-0.39, 0.29) is 11.6 Å². The van der Waals surface area contributed by atoms with Gasteiger partial charge in [0.15, 0.2) is 5.69 Å². The summed E-state index contributed by atoms with van der Waals surface area (Å²) in [5, 5.41) is 9.23. The second kappa shape index (κ2) is 2.47. The van der Waals surface area contributed by atoms with Crippen LogP contribution >= 0.6 is 0 Å². The maximum atomic E-state index is 10.8. The number of carbonyl (C=O) groups excluding carboxylic acids is 1. The van der Waals surface area contributed by atoms with E-state index < -0.39 is 0 Å². The average Bonchev–Trinajstić information content (AvgIpc) is 2.34. The number of nitrogens with one attached hydrogen (secondary N) is 1. The first kappa shape index (κ1) is 6.73. The van der Waals surface area contributed by atoms with Crippen molar-refractivity contribution in [1.29, 1.82) is 0 Å². The summed E-state index contributed by atoms with van der Waals surface area (Å²) in [6.07, 6.45) is 0. The highest BCUT2D eigenvalue weighted by atomic mass is 16.6. The smallest absolute Gasteiger partial charge is 0.275 e. The fourth-order valence-electron chi connectivity index (χ4n) is 0.556. The van der Waals surface area contributed by atoms with E-state index in [1.54, 1.807) is 6.92 Å². The number of amides is 1. The van der Waals surface area contributed by atoms with Gasteiger partial charge in [0.2, 0.25) is 0 Å². The van der Waals surface area contributed by atoms with Gasteiger partial charge in [-0.2, -0.15) is 0 Å². The molecule has 1 aromatic rings. The monoisotopic (exact) mass is 141 g/mol. The molecule has 0 unspecified atom stereocenters. The highest BCUT2D eigenvalue weighted by Gasteiger charge is 2.11. The molecule has 0 atom stereocenters. The van der Waals surface area contributed by atoms with Gasteiger partial charge in [-0.05, 0) is 12.1 Å². The zero-order chi connectivity index (χ0) is 7.56. The lowest BCUT2D eigenvalue weighted by atomic mass is 10.3. The first-order valence-corrected chi connectivity index (χ1v) is 2.77. The van der Waals surface area contributed by atoms with Crippen LogP contribution in [0.5, 0.6) is 0 Å². The Hall–Kier alpha value is -1.39. The van der Waals surface area contributed by atoms with Crippen molar-refractivity contribution >= 4 is 5.91 Å². The zero-order valence-corrected chi connectivity index (χ0v) is 5.71. The molecule has 0 fully saturated rings. The Labute approximate surface area is 57.4 Å². The summed E-state index contributed by atoms with van der Waals surface area (Å²) >= 11 is 0. The molecular weight excluding hydrogens is 134 g/mol. The number of rotatable bonds is 1. The lowest BCUT2D eigenvalue weighted by Gasteiger charge is -1.90. The molecule has 0 bridgehead atoms. The van der Waals surface area contributed by atoms with Crippen LogP contribution in [0.3, 0.4) is 0 Å². The van der Waals surface area contributed by atoms with Gasteiger partial charge in [-0.3, -0.25) is 4.79 Å². The Morgan fingerprint density at radius 3 is 2.70 bits per heavy atom. The molecular formula is C5H7N3O2. The molecule has 0 aromatic carbocycles. The third-order valence-corrected chi connectivity index (χ3v) is 1.09. The minimum Gasteiger partial charge on any atom is -0.354 e. The van der Waals surface area contributed by atoms with E-state index in [1.165, 1.54) is 7.05 Å². The third kappa shape index (κ3) is 0.975. The number of nitrogens with zero attached hydrogens (tertiary/aromatic N) is 2. The minimum atomic E-state index is -0.279. The minimum absolute atomic E-state index is 0.238. The fourth-order valence-corrected chi connectivity index (χ4v) is 0.556. The predicted molar refractivity (Wildman–Crippen MR) is 32.4 cm³/mol. The molecule has 5 nitrogen and oxygen atoms in total. The van der Waals surface area contributed by atoms with Gasteiger partial charge in [-0.25, -0.2) is 4.63 Å². The molecule has 0 aliphatic carbocycles. The van der Waals surface area contributed by atoms with Crippen molar-refractivity contribution < 1.29 is 9.42 Å². The highest BCUT2D eigenvalue weighted by Crippen LogP contribution is 1.98. The molecule has 1 N–H and O–H groups in total. The normalized spacial score (nSPS) is 9.40. The van der Waals surface area contributed by atoms with E-state index in [1.807, 2.05) is 0 Å². The van der Waals surface area contributed by atoms with Crippen molar-refractivity contribution in [3.8, 4) is 0 Å². The van der Waals surface area contributed by atoms with Gasteiger partial charge in [-0.1, -0.05) is 5.16 Å². The molecule has 0 spiro atoms. The van der Waals surface area contributed by atoms with Crippen molar-refractivity contribution in [2.45, 2.75) is 6.92 Å². The van der Waals surface area contributed by atoms with Crippen LogP contribution in [0.25, 0.3) is 0 Å². The Bertz CT molecular complexity index is 243. The van der Waals surface area contributed by atoms with E-state index in [4.69, 9.17) is 0 Å². The van der Waals surface area contributed by atoms with Crippen LogP contribution in [0.4, 0.5) is 0 Å². The Morgan fingerprint density at radius 1 is 1.60 bits per heavy atom. The number of hydrogen-bond acceptors (Lipinski definition) is 4. The van der Waals surface area contributed by atoms with Gasteiger partial charge in [0.1, 0.15) is 5.69 Å². The number of aryl methyl sites for hydroxylation is 1. The number of hydrogen-bond donors (Lipinski definition) is 1. The van der Waals surface area contributed by atoms with Gasteiger partial charge < -0.3 is 5.32 Å². The molecule has 0 saturated carbocycles. The van der Waals surface area contributed by atoms with E-state index in [0.29, 0.717) is 5.69 Å². The standard InChI is InChI=1S/C5H7N3O2/c1-3-4(5(9)6-2)8-10-7-3/h1-2H3,(H,6,9). The first-order chi connectivity index (χ1) is 4.75. The molecule has 0 radical (unpaired) electrons. The molecule has 54 valence electrons. The van der Waals surface area contributed by atoms with Crippen LogP contribution in [-0.4, -0.2) is 23.3 Å². The molecule has 0 aliphatic heterocycles. The number of aromatic nitrogens is 2. The molecule has 1 aromatic heterocycles. The Morgan fingerprint density at radius 2 is 2.30 bits per heavy atom. The molecule has 1 heterocycles. The average molecular weight is 141 g/mol. The van der Waals surface area contributed by atoms with Gasteiger partial charge in [0.05, 0.1) is 0 Å². The van der Waals surface area contributed by atoms with Crippen molar-refractivity contribution in [2.75, 3.05) is 7.05 Å². The van der Waals surface area contributed by atoms with Crippen LogP contribution in [0, 0.1) is 6.92 Å². The topological polar surface area (TPSA) is 68.0 Å². The van der Waals surface area contributed by atoms with Crippen molar-refractivity contribution in [3.63, 3.8) is 0 Å². The van der Waals surface area contributed by atoms with Gasteiger partial charge in [-0.15, -0.1) is 0 Å². The Kier molecular flexibility index (Phi) is 1.66. The summed E-state index contributed by atoms with van der Waals surface area (Å²) in [6, 6.07) is 0. The molecule has 5 heteroatoms. The molecule has 1 amide bonds. The zero-order valence-electron chi connectivity index (χ0n) is 5.71. The Balaban J connectivity index is 2.93. The maximum Gasteiger partial charge on any atom is 0.275 e. The van der Waals surface area contributed by atoms with Crippen molar-refractivity contribution in [1.82, 2.24) is 15.6 Å². The summed E-state index contributed by atoms with van der Waals surface area (Å²) in [4.78, 5) is 10.8. The van der Waals surface area contributed by atoms with Crippen molar-refractivity contribution in [2.24, 2.45) is 0 Å². The van der Waals surface area contributed by atoms with Crippen molar-refractivity contribution in [3.05, 3.63) is 11.4 Å². The molecule has 0 saturated heterocycles. The second-order valence-corrected chi connectivity index (χ2v) is 1.78. The van der Waals surface area contributed by atoms with Crippen LogP contribution < -0.4 is 5.32 Å². The summed E-state index contributed by atoms with van der Waals surface area (Å²) in [5.41, 5.74) is 0.738. The maximum absolute atomic E-state index is 10.8. The van der Waals surface area contributed by atoms with E-state index >= 15 is 0 Å². The second-order valence-electron chi connectivity index (χ2n) is 1.78. The SMILES string of the molecule is CNC(=O)c1nonc1C.